The second-order valence-electron chi connectivity index (χ2n) is 8.95. The minimum absolute atomic E-state index is 0.316. The molecule has 0 bridgehead atoms. The maximum absolute atomic E-state index is 9.75. The first-order valence-corrected chi connectivity index (χ1v) is 15.6. The molecule has 0 saturated carbocycles. The molecule has 2 aliphatic rings. The van der Waals surface area contributed by atoms with E-state index >= 15 is 0 Å². The Balaban J connectivity index is 1.99. The van der Waals surface area contributed by atoms with Gasteiger partial charge in [-0.1, -0.05) is 112 Å². The van der Waals surface area contributed by atoms with Crippen molar-refractivity contribution < 1.29 is 0 Å². The highest BCUT2D eigenvalue weighted by Crippen LogP contribution is 2.15. The zero-order valence-electron chi connectivity index (χ0n) is 16.3. The van der Waals surface area contributed by atoms with Crippen LogP contribution in [0.5, 0.6) is 0 Å². The van der Waals surface area contributed by atoms with E-state index in [-0.39, 0.29) is 0 Å². The van der Waals surface area contributed by atoms with Crippen LogP contribution in [0.4, 0.5) is 0 Å². The van der Waals surface area contributed by atoms with Crippen molar-refractivity contribution in [2.24, 2.45) is 0 Å². The maximum atomic E-state index is 9.75. The Labute approximate surface area is 163 Å². The fourth-order valence-corrected chi connectivity index (χ4v) is 12.0. The van der Waals surface area contributed by atoms with Crippen LogP contribution in [0.1, 0.15) is 5.56 Å². The molecule has 0 atom stereocenters. The molecule has 2 heterocycles. The second kappa shape index (κ2) is 5.34. The minimum Gasteiger partial charge on any atom is -0.192 e. The molecule has 0 spiro atoms. The van der Waals surface area contributed by atoms with Gasteiger partial charge in [-0.2, -0.15) is 5.26 Å². The van der Waals surface area contributed by atoms with Gasteiger partial charge in [0.25, 0.3) is 0 Å². The molecular weight excluding hydrogens is 357 g/mol. The van der Waals surface area contributed by atoms with Gasteiger partial charge in [0.15, 0.2) is 0 Å². The lowest BCUT2D eigenvalue weighted by atomic mass is 9.36. The molecule has 0 aliphatic carbocycles. The molecule has 0 radical (unpaired) electrons. The summed E-state index contributed by atoms with van der Waals surface area (Å²) in [7, 11) is -3.70. The zero-order chi connectivity index (χ0) is 19.0. The van der Waals surface area contributed by atoms with E-state index in [0.29, 0.717) is 6.71 Å². The van der Waals surface area contributed by atoms with Gasteiger partial charge in [-0.15, -0.1) is 0 Å². The monoisotopic (exact) mass is 379 g/mol. The van der Waals surface area contributed by atoms with Gasteiger partial charge >= 0.3 is 0 Å². The summed E-state index contributed by atoms with van der Waals surface area (Å²) >= 11 is 0. The third-order valence-electron chi connectivity index (χ3n) is 6.83. The van der Waals surface area contributed by atoms with E-state index in [2.05, 4.69) is 92.9 Å². The fraction of sp³-hybridized carbons (Fsp3) is 0.174. The molecule has 3 aromatic carbocycles. The van der Waals surface area contributed by atoms with Crippen molar-refractivity contribution in [3.8, 4) is 6.07 Å². The Bertz CT molecular complexity index is 1080. The van der Waals surface area contributed by atoms with Crippen molar-refractivity contribution in [2.45, 2.75) is 26.2 Å². The number of nitriles is 1. The first-order valence-electron chi connectivity index (χ1n) is 9.65. The summed E-state index contributed by atoms with van der Waals surface area (Å²) in [5, 5.41) is 15.8. The summed E-state index contributed by atoms with van der Waals surface area (Å²) in [5.74, 6) is 0. The Morgan fingerprint density at radius 2 is 1.15 bits per heavy atom. The molecule has 0 N–H and O–H groups in total. The lowest BCUT2D eigenvalue weighted by molar-refractivity contribution is 1.49. The normalized spacial score (nSPS) is 17.4. The molecule has 5 rings (SSSR count). The van der Waals surface area contributed by atoms with Crippen molar-refractivity contribution in [1.82, 2.24) is 0 Å². The molecule has 0 amide bonds. The number of fused-ring (bicyclic) bond motifs is 4. The Morgan fingerprint density at radius 1 is 0.704 bits per heavy atom. The average Bonchev–Trinajstić information content (AvgIpc) is 2.67. The summed E-state index contributed by atoms with van der Waals surface area (Å²) in [6.07, 6.45) is 0. The smallest absolute Gasteiger partial charge is 0.192 e. The number of hydrogen-bond acceptors (Lipinski definition) is 1. The van der Waals surface area contributed by atoms with Crippen LogP contribution in [0, 0.1) is 11.3 Å². The van der Waals surface area contributed by atoms with Gasteiger partial charge in [0.2, 0.25) is 6.71 Å². The van der Waals surface area contributed by atoms with Crippen molar-refractivity contribution in [3.63, 3.8) is 0 Å². The van der Waals surface area contributed by atoms with Gasteiger partial charge in [0.05, 0.1) is 11.6 Å². The quantitative estimate of drug-likeness (QED) is 0.517. The molecule has 0 fully saturated rings. The molecule has 0 unspecified atom stereocenters. The van der Waals surface area contributed by atoms with Crippen LogP contribution >= 0.6 is 0 Å². The Morgan fingerprint density at radius 3 is 1.59 bits per heavy atom. The van der Waals surface area contributed by atoms with Gasteiger partial charge < -0.3 is 0 Å². The number of hydrogen-bond donors (Lipinski definition) is 0. The lowest BCUT2D eigenvalue weighted by Gasteiger charge is -2.45. The molecule has 0 aromatic heterocycles. The van der Waals surface area contributed by atoms with Gasteiger partial charge in [-0.25, -0.2) is 0 Å². The molecule has 0 saturated heterocycles. The van der Waals surface area contributed by atoms with Crippen molar-refractivity contribution >= 4 is 60.0 Å². The first-order chi connectivity index (χ1) is 12.9. The van der Waals surface area contributed by atoms with E-state index in [9.17, 15) is 5.26 Å². The van der Waals surface area contributed by atoms with Gasteiger partial charge in [-0.3, -0.25) is 0 Å². The summed E-state index contributed by atoms with van der Waals surface area (Å²) < 4.78 is 0. The van der Waals surface area contributed by atoms with Crippen molar-refractivity contribution in [3.05, 3.63) is 66.2 Å². The van der Waals surface area contributed by atoms with Crippen LogP contribution in [0.3, 0.4) is 0 Å². The predicted octanol–water partition coefficient (Wildman–Crippen LogP) is 0.346. The lowest BCUT2D eigenvalue weighted by Crippen LogP contribution is -2.86. The SMILES string of the molecule is C[Si]1(C)c2ccccc2B2c3ccccc3[Si](C)(C)c3cc(C#N)cc1c32. The zero-order valence-corrected chi connectivity index (χ0v) is 18.3. The van der Waals surface area contributed by atoms with Crippen LogP contribution in [-0.2, 0) is 0 Å². The average molecular weight is 379 g/mol. The third kappa shape index (κ3) is 2.04. The predicted molar refractivity (Wildman–Crippen MR) is 122 cm³/mol. The minimum atomic E-state index is -1.85. The molecule has 27 heavy (non-hydrogen) atoms. The van der Waals surface area contributed by atoms with E-state index in [1.54, 1.807) is 5.46 Å². The van der Waals surface area contributed by atoms with E-state index in [1.807, 2.05) is 0 Å². The number of nitrogens with zero attached hydrogens (tertiary/aromatic N) is 1. The van der Waals surface area contributed by atoms with Gasteiger partial charge in [0.1, 0.15) is 16.1 Å². The highest BCUT2D eigenvalue weighted by molar-refractivity contribution is 7.21. The number of benzene rings is 3. The topological polar surface area (TPSA) is 23.8 Å². The number of rotatable bonds is 0. The van der Waals surface area contributed by atoms with Crippen molar-refractivity contribution in [2.75, 3.05) is 0 Å². The van der Waals surface area contributed by atoms with Crippen LogP contribution in [-0.4, -0.2) is 22.9 Å². The summed E-state index contributed by atoms with van der Waals surface area (Å²) in [5.41, 5.74) is 5.36. The molecule has 3 aromatic rings. The Kier molecular flexibility index (Phi) is 3.32. The van der Waals surface area contributed by atoms with E-state index in [0.717, 1.165) is 5.56 Å². The van der Waals surface area contributed by atoms with Crippen molar-refractivity contribution in [1.29, 1.82) is 5.26 Å². The van der Waals surface area contributed by atoms with Gasteiger partial charge in [-0.05, 0) is 12.1 Å². The summed E-state index contributed by atoms with van der Waals surface area (Å²) in [6.45, 7) is 10.1. The van der Waals surface area contributed by atoms with E-state index in [4.69, 9.17) is 0 Å². The van der Waals surface area contributed by atoms with Crippen LogP contribution in [0.2, 0.25) is 26.2 Å². The molecule has 130 valence electrons. The standard InChI is InChI=1S/C23H22BNSi2/c1-26(2)19-11-7-5-9-17(19)24-18-10-6-8-12-20(18)27(3,4)22-14-16(15-25)13-21(26)23(22)24/h5-14H,1-4H3. The van der Waals surface area contributed by atoms with Crippen LogP contribution < -0.4 is 37.1 Å². The second-order valence-corrected chi connectivity index (χ2v) is 17.6. The third-order valence-corrected chi connectivity index (χ3v) is 14.0. The summed E-state index contributed by atoms with van der Waals surface area (Å²) in [6, 6.07) is 25.0. The Hall–Kier alpha value is -2.35. The summed E-state index contributed by atoms with van der Waals surface area (Å²) in [4.78, 5) is 0. The largest absolute Gasteiger partial charge is 0.240 e. The first kappa shape index (κ1) is 16.8. The van der Waals surface area contributed by atoms with Crippen LogP contribution in [0.15, 0.2) is 60.7 Å². The van der Waals surface area contributed by atoms with Gasteiger partial charge in [0, 0.05) is 0 Å². The maximum Gasteiger partial charge on any atom is 0.240 e. The molecule has 2 aliphatic heterocycles. The van der Waals surface area contributed by atoms with Crippen LogP contribution in [0.25, 0.3) is 0 Å². The highest BCUT2D eigenvalue weighted by Gasteiger charge is 2.49. The molecule has 4 heteroatoms. The fourth-order valence-electron chi connectivity index (χ4n) is 5.47. The molecule has 1 nitrogen and oxygen atoms in total. The van der Waals surface area contributed by atoms with E-state index in [1.165, 1.54) is 31.7 Å². The highest BCUT2D eigenvalue weighted by atomic mass is 28.3. The molecular formula is C23H22BNSi2. The van der Waals surface area contributed by atoms with E-state index < -0.39 is 16.1 Å².